The molecule has 3 radical (unpaired) electrons. The van der Waals surface area contributed by atoms with E-state index in [4.69, 9.17) is 5.73 Å². The van der Waals surface area contributed by atoms with Crippen molar-refractivity contribution in [1.29, 1.82) is 0 Å². The van der Waals surface area contributed by atoms with Crippen LogP contribution < -0.4 is 5.73 Å². The fraction of sp³-hybridized carbons (Fsp3) is 1.00. The van der Waals surface area contributed by atoms with E-state index in [0.717, 1.165) is 5.75 Å². The molecule has 0 rings (SSSR count). The molecule has 0 aliphatic rings. The molecule has 3 heteroatoms. The molecule has 5 heavy (non-hydrogen) atoms. The van der Waals surface area contributed by atoms with Gasteiger partial charge in [-0.25, -0.2) is 0 Å². The van der Waals surface area contributed by atoms with E-state index in [1.54, 1.807) is 0 Å². The summed E-state index contributed by atoms with van der Waals surface area (Å²) in [5.74, 6) is 0.792. The molecule has 0 bridgehead atoms. The normalized spacial score (nSPS) is 6.00. The van der Waals surface area contributed by atoms with Gasteiger partial charge in [0.05, 0.1) is 0 Å². The Kier molecular flexibility index (Phi) is 17.0. The Labute approximate surface area is 56.8 Å². The van der Waals surface area contributed by atoms with Gasteiger partial charge in [0.25, 0.3) is 0 Å². The molecule has 0 aliphatic carbocycles. The standard InChI is InChI=1S/C2H7NS.Bi/c3-1-2-4;/h4H,1-3H2;. The van der Waals surface area contributed by atoms with Crippen molar-refractivity contribution in [2.24, 2.45) is 5.73 Å². The molecule has 0 saturated heterocycles. The Balaban J connectivity index is 0. The maximum atomic E-state index is 4.95. The fourth-order valence-electron chi connectivity index (χ4n) is 0. The Hall–Kier alpha value is 1.19. The minimum Gasteiger partial charge on any atom is -0.330 e. The average molecular weight is 286 g/mol. The number of hydrogen-bond donors (Lipinski definition) is 2. The first-order valence-electron chi connectivity index (χ1n) is 1.22. The third-order valence-electron chi connectivity index (χ3n) is 0.129. The third-order valence-corrected chi connectivity index (χ3v) is 0.387. The van der Waals surface area contributed by atoms with E-state index >= 15 is 0 Å². The van der Waals surface area contributed by atoms with E-state index in [-0.39, 0.29) is 26.2 Å². The maximum Gasteiger partial charge on any atom is 0.00255 e. The minimum absolute atomic E-state index is 0. The molecule has 0 fully saturated rings. The smallest absolute Gasteiger partial charge is 0.00255 e. The van der Waals surface area contributed by atoms with Gasteiger partial charge in [0, 0.05) is 38.5 Å². The van der Waals surface area contributed by atoms with Gasteiger partial charge in [0.2, 0.25) is 0 Å². The van der Waals surface area contributed by atoms with Crippen molar-refractivity contribution in [3.63, 3.8) is 0 Å². The van der Waals surface area contributed by atoms with Gasteiger partial charge < -0.3 is 5.73 Å². The van der Waals surface area contributed by atoms with Crippen LogP contribution in [0.4, 0.5) is 0 Å². The fourth-order valence-corrected chi connectivity index (χ4v) is 0. The molecule has 0 heterocycles. The van der Waals surface area contributed by atoms with Crippen molar-refractivity contribution in [1.82, 2.24) is 0 Å². The second-order valence-corrected chi connectivity index (χ2v) is 0.959. The summed E-state index contributed by atoms with van der Waals surface area (Å²) in [6.45, 7) is 0.684. The molecule has 0 saturated carbocycles. The molecule has 2 N–H and O–H groups in total. The summed E-state index contributed by atoms with van der Waals surface area (Å²) >= 11 is 3.80. The molecule has 0 aromatic carbocycles. The predicted octanol–water partition coefficient (Wildman–Crippen LogP) is -0.506. The number of hydrogen-bond acceptors (Lipinski definition) is 2. The van der Waals surface area contributed by atoms with Gasteiger partial charge in [-0.1, -0.05) is 0 Å². The zero-order chi connectivity index (χ0) is 3.41. The second kappa shape index (κ2) is 8.96. The average Bonchev–Trinajstić information content (AvgIpc) is 1.37. The van der Waals surface area contributed by atoms with Gasteiger partial charge in [0.15, 0.2) is 0 Å². The monoisotopic (exact) mass is 286 g/mol. The first kappa shape index (κ1) is 9.50. The summed E-state index contributed by atoms with van der Waals surface area (Å²) in [6.07, 6.45) is 0. The molecular formula is C2H7BiNS. The summed E-state index contributed by atoms with van der Waals surface area (Å²) in [5.41, 5.74) is 4.95. The van der Waals surface area contributed by atoms with Gasteiger partial charge in [-0.2, -0.15) is 12.6 Å². The molecule has 1 nitrogen and oxygen atoms in total. The molecule has 0 aromatic heterocycles. The van der Waals surface area contributed by atoms with E-state index in [9.17, 15) is 0 Å². The van der Waals surface area contributed by atoms with Crippen LogP contribution >= 0.6 is 12.6 Å². The zero-order valence-electron chi connectivity index (χ0n) is 2.89. The largest absolute Gasteiger partial charge is 0.330 e. The molecule has 0 amide bonds. The van der Waals surface area contributed by atoms with Gasteiger partial charge in [-0.05, 0) is 0 Å². The Morgan fingerprint density at radius 2 is 1.80 bits per heavy atom. The van der Waals surface area contributed by atoms with Crippen LogP contribution in [0.15, 0.2) is 0 Å². The van der Waals surface area contributed by atoms with Crippen LogP contribution in [0.5, 0.6) is 0 Å². The summed E-state index contributed by atoms with van der Waals surface area (Å²) in [6, 6.07) is 0. The second-order valence-electron chi connectivity index (χ2n) is 0.512. The topological polar surface area (TPSA) is 26.0 Å². The molecule has 0 unspecified atom stereocenters. The minimum atomic E-state index is 0. The molecule has 31 valence electrons. The van der Waals surface area contributed by atoms with Crippen molar-refractivity contribution >= 4 is 38.8 Å². The van der Waals surface area contributed by atoms with Crippen molar-refractivity contribution in [3.05, 3.63) is 0 Å². The summed E-state index contributed by atoms with van der Waals surface area (Å²) in [4.78, 5) is 0. The first-order chi connectivity index (χ1) is 1.91. The Morgan fingerprint density at radius 1 is 1.60 bits per heavy atom. The van der Waals surface area contributed by atoms with Crippen LogP contribution in [0.3, 0.4) is 0 Å². The zero-order valence-corrected chi connectivity index (χ0v) is 7.26. The van der Waals surface area contributed by atoms with E-state index in [1.807, 2.05) is 0 Å². The molecule has 0 aliphatic heterocycles. The van der Waals surface area contributed by atoms with Crippen molar-refractivity contribution < 1.29 is 0 Å². The van der Waals surface area contributed by atoms with E-state index in [0.29, 0.717) is 6.54 Å². The number of rotatable bonds is 1. The third kappa shape index (κ3) is 11.0. The van der Waals surface area contributed by atoms with Gasteiger partial charge >= 0.3 is 0 Å². The molecule has 0 spiro atoms. The Bertz CT molecular complexity index is 11.6. The molecule has 0 atom stereocenters. The summed E-state index contributed by atoms with van der Waals surface area (Å²) < 4.78 is 0. The van der Waals surface area contributed by atoms with Gasteiger partial charge in [-0.3, -0.25) is 0 Å². The van der Waals surface area contributed by atoms with Crippen molar-refractivity contribution in [3.8, 4) is 0 Å². The van der Waals surface area contributed by atoms with Crippen LogP contribution in [0.2, 0.25) is 0 Å². The van der Waals surface area contributed by atoms with Crippen LogP contribution in [0, 0.1) is 0 Å². The molecule has 0 aromatic rings. The van der Waals surface area contributed by atoms with Crippen molar-refractivity contribution in [2.45, 2.75) is 0 Å². The van der Waals surface area contributed by atoms with Gasteiger partial charge in [0.1, 0.15) is 0 Å². The number of thiol groups is 1. The van der Waals surface area contributed by atoms with E-state index in [1.165, 1.54) is 0 Å². The van der Waals surface area contributed by atoms with Crippen LogP contribution in [-0.2, 0) is 0 Å². The van der Waals surface area contributed by atoms with Crippen LogP contribution in [0.1, 0.15) is 0 Å². The van der Waals surface area contributed by atoms with Crippen LogP contribution in [0.25, 0.3) is 0 Å². The quantitative estimate of drug-likeness (QED) is 0.493. The van der Waals surface area contributed by atoms with Gasteiger partial charge in [-0.15, -0.1) is 0 Å². The SMILES string of the molecule is NCCS.[Bi]. The van der Waals surface area contributed by atoms with E-state index in [2.05, 4.69) is 12.6 Å². The van der Waals surface area contributed by atoms with E-state index < -0.39 is 0 Å². The van der Waals surface area contributed by atoms with Crippen LogP contribution in [-0.4, -0.2) is 38.5 Å². The number of nitrogens with two attached hydrogens (primary N) is 1. The summed E-state index contributed by atoms with van der Waals surface area (Å²) in [5, 5.41) is 0. The predicted molar refractivity (Wildman–Crippen MR) is 28.7 cm³/mol. The Morgan fingerprint density at radius 3 is 1.80 bits per heavy atom. The molecular weight excluding hydrogens is 279 g/mol. The van der Waals surface area contributed by atoms with Crippen molar-refractivity contribution in [2.75, 3.05) is 12.3 Å². The summed E-state index contributed by atoms with van der Waals surface area (Å²) in [7, 11) is 0. The maximum absolute atomic E-state index is 4.95. The first-order valence-corrected chi connectivity index (χ1v) is 1.86.